The number of rotatable bonds is 5. The zero-order valence-corrected chi connectivity index (χ0v) is 17.3. The number of carbonyl (C=O) groups excluding carboxylic acids is 1. The van der Waals surface area contributed by atoms with Crippen molar-refractivity contribution in [3.05, 3.63) is 83.9 Å². The van der Waals surface area contributed by atoms with Gasteiger partial charge in [0, 0.05) is 23.4 Å². The third kappa shape index (κ3) is 3.96. The average molecular weight is 406 g/mol. The summed E-state index contributed by atoms with van der Waals surface area (Å²) in [5, 5.41) is -0.0960. The Hall–Kier alpha value is -2.92. The van der Waals surface area contributed by atoms with Crippen LogP contribution in [0.4, 0.5) is 0 Å². The number of amides is 1. The van der Waals surface area contributed by atoms with Gasteiger partial charge in [0.15, 0.2) is 0 Å². The quantitative estimate of drug-likeness (QED) is 0.580. The van der Waals surface area contributed by atoms with Gasteiger partial charge in [-0.3, -0.25) is 4.79 Å². The van der Waals surface area contributed by atoms with E-state index >= 15 is 0 Å². The minimum Gasteiger partial charge on any atom is -0.497 e. The Morgan fingerprint density at radius 2 is 1.66 bits per heavy atom. The van der Waals surface area contributed by atoms with E-state index in [-0.39, 0.29) is 11.3 Å². The fraction of sp³-hybridized carbons (Fsp3) is 0.208. The van der Waals surface area contributed by atoms with Gasteiger partial charge in [0.25, 0.3) is 5.91 Å². The van der Waals surface area contributed by atoms with Crippen molar-refractivity contribution >= 4 is 17.7 Å². The van der Waals surface area contributed by atoms with Crippen molar-refractivity contribution in [3.8, 4) is 22.6 Å². The summed E-state index contributed by atoms with van der Waals surface area (Å²) >= 11 is 1.74. The van der Waals surface area contributed by atoms with E-state index in [1.165, 1.54) is 0 Å². The van der Waals surface area contributed by atoms with E-state index in [4.69, 9.17) is 9.47 Å². The lowest BCUT2D eigenvalue weighted by molar-refractivity contribution is 0.0759. The van der Waals surface area contributed by atoms with Crippen LogP contribution in [0, 0.1) is 0 Å². The van der Waals surface area contributed by atoms with E-state index in [2.05, 4.69) is 12.1 Å². The number of ether oxygens (including phenoxy) is 2. The predicted octanol–water partition coefficient (Wildman–Crippen LogP) is 5.26. The molecular weight excluding hydrogens is 382 g/mol. The van der Waals surface area contributed by atoms with Crippen molar-refractivity contribution in [2.24, 2.45) is 0 Å². The number of benzene rings is 3. The number of hydrogen-bond donors (Lipinski definition) is 0. The molecule has 0 aromatic heterocycles. The van der Waals surface area contributed by atoms with Gasteiger partial charge >= 0.3 is 0 Å². The summed E-state index contributed by atoms with van der Waals surface area (Å²) in [6.45, 7) is 0.703. The normalized spacial score (nSPS) is 15.9. The summed E-state index contributed by atoms with van der Waals surface area (Å²) in [5.74, 6) is 2.44. The molecule has 1 saturated heterocycles. The highest BCUT2D eigenvalue weighted by atomic mass is 32.2. The van der Waals surface area contributed by atoms with Crippen LogP contribution >= 0.6 is 11.8 Å². The Bertz CT molecular complexity index is 989. The fourth-order valence-corrected chi connectivity index (χ4v) is 4.84. The Labute approximate surface area is 175 Å². The molecule has 3 aromatic rings. The second-order valence-corrected chi connectivity index (χ2v) is 7.96. The molecule has 3 aromatic carbocycles. The van der Waals surface area contributed by atoms with Crippen LogP contribution in [0.2, 0.25) is 0 Å². The second kappa shape index (κ2) is 8.62. The lowest BCUT2D eigenvalue weighted by atomic mass is 10.0. The van der Waals surface area contributed by atoms with E-state index in [1.54, 1.807) is 26.0 Å². The van der Waals surface area contributed by atoms with E-state index in [0.29, 0.717) is 12.1 Å². The van der Waals surface area contributed by atoms with Crippen LogP contribution in [0.3, 0.4) is 0 Å². The van der Waals surface area contributed by atoms with Crippen molar-refractivity contribution in [1.82, 2.24) is 4.90 Å². The van der Waals surface area contributed by atoms with Crippen molar-refractivity contribution in [1.29, 1.82) is 0 Å². The SMILES string of the molecule is COc1ccc(OC)c(C2SCCN2C(=O)c2ccc(-c3ccccc3)cc2)c1. The van der Waals surface area contributed by atoms with Crippen molar-refractivity contribution < 1.29 is 14.3 Å². The molecule has 0 bridgehead atoms. The molecule has 1 unspecified atom stereocenters. The molecule has 1 heterocycles. The summed E-state index contributed by atoms with van der Waals surface area (Å²) < 4.78 is 10.9. The largest absolute Gasteiger partial charge is 0.497 e. The third-order valence-electron chi connectivity index (χ3n) is 5.09. The monoisotopic (exact) mass is 405 g/mol. The highest BCUT2D eigenvalue weighted by molar-refractivity contribution is 7.99. The first kappa shape index (κ1) is 19.4. The fourth-order valence-electron chi connectivity index (χ4n) is 3.57. The topological polar surface area (TPSA) is 38.8 Å². The van der Waals surface area contributed by atoms with Gasteiger partial charge in [0.2, 0.25) is 0 Å². The average Bonchev–Trinajstić information content (AvgIpc) is 3.28. The maximum Gasteiger partial charge on any atom is 0.255 e. The predicted molar refractivity (Wildman–Crippen MR) is 118 cm³/mol. The molecule has 0 aliphatic carbocycles. The van der Waals surface area contributed by atoms with Crippen molar-refractivity contribution in [3.63, 3.8) is 0 Å². The van der Waals surface area contributed by atoms with Crippen molar-refractivity contribution in [2.75, 3.05) is 26.5 Å². The summed E-state index contributed by atoms with van der Waals surface area (Å²) in [7, 11) is 3.30. The Kier molecular flexibility index (Phi) is 5.76. The molecule has 0 saturated carbocycles. The number of nitrogens with zero attached hydrogens (tertiary/aromatic N) is 1. The van der Waals surface area contributed by atoms with E-state index in [1.807, 2.05) is 65.6 Å². The first-order chi connectivity index (χ1) is 14.2. The summed E-state index contributed by atoms with van der Waals surface area (Å²) in [6, 6.07) is 23.7. The number of carbonyl (C=O) groups is 1. The highest BCUT2D eigenvalue weighted by Gasteiger charge is 2.33. The Morgan fingerprint density at radius 3 is 2.34 bits per heavy atom. The molecular formula is C24H23NO3S. The van der Waals surface area contributed by atoms with Crippen LogP contribution in [0.15, 0.2) is 72.8 Å². The number of methoxy groups -OCH3 is 2. The van der Waals surface area contributed by atoms with Gasteiger partial charge in [0.1, 0.15) is 16.9 Å². The Morgan fingerprint density at radius 1 is 0.931 bits per heavy atom. The van der Waals surface area contributed by atoms with E-state index in [0.717, 1.165) is 33.9 Å². The van der Waals surface area contributed by atoms with E-state index < -0.39 is 0 Å². The maximum absolute atomic E-state index is 13.3. The molecule has 1 aliphatic rings. The molecule has 1 amide bonds. The molecule has 4 nitrogen and oxygen atoms in total. The van der Waals surface area contributed by atoms with Gasteiger partial charge in [-0.25, -0.2) is 0 Å². The second-order valence-electron chi connectivity index (χ2n) is 6.77. The first-order valence-corrected chi connectivity index (χ1v) is 10.6. The smallest absolute Gasteiger partial charge is 0.255 e. The molecule has 1 aliphatic heterocycles. The number of thioether (sulfide) groups is 1. The first-order valence-electron chi connectivity index (χ1n) is 9.51. The molecule has 1 fully saturated rings. The summed E-state index contributed by atoms with van der Waals surface area (Å²) in [5.41, 5.74) is 3.90. The van der Waals surface area contributed by atoms with Gasteiger partial charge in [-0.2, -0.15) is 0 Å². The zero-order chi connectivity index (χ0) is 20.2. The van der Waals surface area contributed by atoms with Crippen LogP contribution in [0.1, 0.15) is 21.3 Å². The van der Waals surface area contributed by atoms with Gasteiger partial charge in [0.05, 0.1) is 14.2 Å². The van der Waals surface area contributed by atoms with Crippen LogP contribution in [-0.4, -0.2) is 37.3 Å². The molecule has 4 rings (SSSR count). The van der Waals surface area contributed by atoms with Crippen LogP contribution < -0.4 is 9.47 Å². The minimum atomic E-state index is -0.0960. The van der Waals surface area contributed by atoms with Crippen molar-refractivity contribution in [2.45, 2.75) is 5.37 Å². The maximum atomic E-state index is 13.3. The molecule has 1 atom stereocenters. The number of hydrogen-bond acceptors (Lipinski definition) is 4. The molecule has 29 heavy (non-hydrogen) atoms. The van der Waals surface area contributed by atoms with E-state index in [9.17, 15) is 4.79 Å². The molecule has 0 spiro atoms. The molecule has 148 valence electrons. The molecule has 0 radical (unpaired) electrons. The zero-order valence-electron chi connectivity index (χ0n) is 16.5. The van der Waals surface area contributed by atoms with Crippen LogP contribution in [-0.2, 0) is 0 Å². The third-order valence-corrected chi connectivity index (χ3v) is 6.34. The van der Waals surface area contributed by atoms with Crippen LogP contribution in [0.25, 0.3) is 11.1 Å². The van der Waals surface area contributed by atoms with Gasteiger partial charge in [-0.05, 0) is 41.5 Å². The standard InChI is InChI=1S/C24H23NO3S/c1-27-20-12-13-22(28-2)21(16-20)24-25(14-15-29-24)23(26)19-10-8-18(9-11-19)17-6-4-3-5-7-17/h3-13,16,24H,14-15H2,1-2H3. The summed E-state index contributed by atoms with van der Waals surface area (Å²) in [4.78, 5) is 15.2. The Balaban J connectivity index is 1.60. The molecule has 5 heteroatoms. The van der Waals surface area contributed by atoms with Gasteiger partial charge < -0.3 is 14.4 Å². The van der Waals surface area contributed by atoms with Crippen LogP contribution in [0.5, 0.6) is 11.5 Å². The van der Waals surface area contributed by atoms with Gasteiger partial charge in [-0.15, -0.1) is 11.8 Å². The lowest BCUT2D eigenvalue weighted by Gasteiger charge is -2.26. The minimum absolute atomic E-state index is 0.0319. The lowest BCUT2D eigenvalue weighted by Crippen LogP contribution is -2.30. The highest BCUT2D eigenvalue weighted by Crippen LogP contribution is 2.43. The summed E-state index contributed by atoms with van der Waals surface area (Å²) in [6.07, 6.45) is 0. The van der Waals surface area contributed by atoms with Gasteiger partial charge in [-0.1, -0.05) is 42.5 Å². The molecule has 0 N–H and O–H groups in total.